The molecule has 35 heavy (non-hydrogen) atoms. The zero-order valence-electron chi connectivity index (χ0n) is 19.7. The van der Waals surface area contributed by atoms with E-state index in [2.05, 4.69) is 24.0 Å². The van der Waals surface area contributed by atoms with Crippen molar-refractivity contribution >= 4 is 18.0 Å². The fourth-order valence-electron chi connectivity index (χ4n) is 4.90. The zero-order valence-corrected chi connectivity index (χ0v) is 19.7. The molecule has 1 heterocycles. The third-order valence-corrected chi connectivity index (χ3v) is 6.96. The quantitative estimate of drug-likeness (QED) is 0.534. The van der Waals surface area contributed by atoms with Crippen LogP contribution in [-0.4, -0.2) is 66.4 Å². The number of nitrogens with one attached hydrogen (secondary N) is 1. The number of rotatable bonds is 9. The minimum Gasteiger partial charge on any atom is -0.479 e. The van der Waals surface area contributed by atoms with E-state index in [-0.39, 0.29) is 38.6 Å². The van der Waals surface area contributed by atoms with Crippen molar-refractivity contribution in [2.45, 2.75) is 36.8 Å². The predicted octanol–water partition coefficient (Wildman–Crippen LogP) is 3.56. The summed E-state index contributed by atoms with van der Waals surface area (Å²) in [5.74, 6) is -1.74. The molecule has 2 aromatic rings. The molecule has 1 fully saturated rings. The molecule has 1 saturated heterocycles. The number of hydrogen-bond acceptors (Lipinski definition) is 5. The minimum atomic E-state index is -1.45. The topological polar surface area (TPSA) is 105 Å². The molecule has 0 bridgehead atoms. The number of hydrogen-bond donors (Lipinski definition) is 2. The maximum absolute atomic E-state index is 13.3. The Morgan fingerprint density at radius 1 is 1.20 bits per heavy atom. The molecular formula is C27H30N2O6. The molecule has 0 spiro atoms. The number of alkyl carbamates (subject to hydrolysis) is 1. The van der Waals surface area contributed by atoms with E-state index >= 15 is 0 Å². The van der Waals surface area contributed by atoms with E-state index in [1.807, 2.05) is 36.4 Å². The van der Waals surface area contributed by atoms with Gasteiger partial charge in [-0.25, -0.2) is 9.59 Å². The van der Waals surface area contributed by atoms with Crippen LogP contribution in [0.3, 0.4) is 0 Å². The molecule has 0 saturated carbocycles. The summed E-state index contributed by atoms with van der Waals surface area (Å²) < 4.78 is 10.9. The lowest BCUT2D eigenvalue weighted by Gasteiger charge is -2.35. The van der Waals surface area contributed by atoms with E-state index in [1.165, 1.54) is 11.9 Å². The van der Waals surface area contributed by atoms with Gasteiger partial charge in [-0.05, 0) is 35.1 Å². The first-order valence-electron chi connectivity index (χ1n) is 11.7. The van der Waals surface area contributed by atoms with Crippen LogP contribution in [0.15, 0.2) is 61.2 Å². The Morgan fingerprint density at radius 2 is 1.83 bits per heavy atom. The molecule has 2 aromatic carbocycles. The van der Waals surface area contributed by atoms with Gasteiger partial charge in [0.05, 0.1) is 6.61 Å². The number of aliphatic carboxylic acids is 1. The van der Waals surface area contributed by atoms with Gasteiger partial charge < -0.3 is 24.8 Å². The van der Waals surface area contributed by atoms with Crippen LogP contribution in [0.5, 0.6) is 0 Å². The van der Waals surface area contributed by atoms with E-state index < -0.39 is 29.6 Å². The number of carboxylic acid groups (broad SMARTS) is 1. The second-order valence-corrected chi connectivity index (χ2v) is 8.93. The number of allylic oxidation sites excluding steroid dienone is 1. The van der Waals surface area contributed by atoms with E-state index in [4.69, 9.17) is 9.47 Å². The van der Waals surface area contributed by atoms with Gasteiger partial charge in [-0.15, -0.1) is 6.58 Å². The van der Waals surface area contributed by atoms with Crippen LogP contribution in [0.4, 0.5) is 4.79 Å². The molecule has 2 unspecified atom stereocenters. The highest BCUT2D eigenvalue weighted by Crippen LogP contribution is 2.44. The Morgan fingerprint density at radius 3 is 2.37 bits per heavy atom. The average molecular weight is 479 g/mol. The standard InChI is InChI=1S/C27H30N2O6/c1-3-4-13-23(24(30)29(2)27(25(31)32)14-15-34-17-27)28-26(33)35-16-22-20-11-7-5-9-18(20)19-10-6-8-12-21(19)22/h3,5-12,22-23H,1,4,13-17H2,2H3,(H,28,33)(H,31,32). The molecule has 1 aliphatic heterocycles. The molecule has 2 atom stereocenters. The first kappa shape index (κ1) is 24.5. The van der Waals surface area contributed by atoms with Crippen LogP contribution in [0.1, 0.15) is 36.3 Å². The first-order chi connectivity index (χ1) is 16.9. The molecule has 2 aliphatic rings. The number of likely N-dealkylation sites (N-methyl/N-ethyl adjacent to an activating group) is 1. The molecule has 0 aromatic heterocycles. The van der Waals surface area contributed by atoms with Crippen LogP contribution >= 0.6 is 0 Å². The normalized spacial score (nSPS) is 19.3. The molecule has 2 N–H and O–H groups in total. The van der Waals surface area contributed by atoms with Crippen LogP contribution < -0.4 is 5.32 Å². The highest BCUT2D eigenvalue weighted by Gasteiger charge is 2.49. The molecular weight excluding hydrogens is 448 g/mol. The lowest BCUT2D eigenvalue weighted by atomic mass is 9.95. The Balaban J connectivity index is 1.45. The second-order valence-electron chi connectivity index (χ2n) is 8.93. The van der Waals surface area contributed by atoms with Gasteiger partial charge in [-0.3, -0.25) is 4.79 Å². The Bertz CT molecular complexity index is 1080. The second kappa shape index (κ2) is 10.3. The van der Waals surface area contributed by atoms with E-state index in [0.717, 1.165) is 22.3 Å². The summed E-state index contributed by atoms with van der Waals surface area (Å²) in [5.41, 5.74) is 2.97. The first-order valence-corrected chi connectivity index (χ1v) is 11.7. The van der Waals surface area contributed by atoms with E-state index in [1.54, 1.807) is 6.08 Å². The number of carbonyl (C=O) groups excluding carboxylic acids is 2. The van der Waals surface area contributed by atoms with Crippen molar-refractivity contribution in [1.82, 2.24) is 10.2 Å². The van der Waals surface area contributed by atoms with Crippen molar-refractivity contribution in [3.63, 3.8) is 0 Å². The Labute approximate surface area is 204 Å². The smallest absolute Gasteiger partial charge is 0.407 e. The van der Waals surface area contributed by atoms with Gasteiger partial charge in [0.15, 0.2) is 5.54 Å². The number of ether oxygens (including phenoxy) is 2. The number of carboxylic acids is 1. The van der Waals surface area contributed by atoms with Crippen molar-refractivity contribution in [3.8, 4) is 11.1 Å². The van der Waals surface area contributed by atoms with Crippen molar-refractivity contribution in [1.29, 1.82) is 0 Å². The van der Waals surface area contributed by atoms with Gasteiger partial charge in [-0.2, -0.15) is 0 Å². The maximum Gasteiger partial charge on any atom is 0.407 e. The van der Waals surface area contributed by atoms with Crippen molar-refractivity contribution in [3.05, 3.63) is 72.3 Å². The summed E-state index contributed by atoms with van der Waals surface area (Å²) in [4.78, 5) is 39.2. The Hall–Kier alpha value is -3.65. The van der Waals surface area contributed by atoms with Gasteiger partial charge in [0.25, 0.3) is 0 Å². The molecule has 0 radical (unpaired) electrons. The number of benzene rings is 2. The molecule has 184 valence electrons. The van der Waals surface area contributed by atoms with Crippen molar-refractivity contribution < 1.29 is 29.0 Å². The average Bonchev–Trinajstić information content (AvgIpc) is 3.49. The number of fused-ring (bicyclic) bond motifs is 3. The largest absolute Gasteiger partial charge is 0.479 e. The van der Waals surface area contributed by atoms with Crippen LogP contribution in [0.25, 0.3) is 11.1 Å². The van der Waals surface area contributed by atoms with Gasteiger partial charge in [-0.1, -0.05) is 54.6 Å². The molecule has 2 amide bonds. The third kappa shape index (κ3) is 4.66. The number of amides is 2. The predicted molar refractivity (Wildman–Crippen MR) is 130 cm³/mol. The summed E-state index contributed by atoms with van der Waals surface area (Å²) >= 11 is 0. The number of nitrogens with zero attached hydrogens (tertiary/aromatic N) is 1. The Kier molecular flexibility index (Phi) is 7.21. The third-order valence-electron chi connectivity index (χ3n) is 6.96. The number of carbonyl (C=O) groups is 3. The summed E-state index contributed by atoms with van der Waals surface area (Å²) in [6, 6.07) is 15.1. The highest BCUT2D eigenvalue weighted by molar-refractivity contribution is 5.91. The van der Waals surface area contributed by atoms with Gasteiger partial charge in [0, 0.05) is 26.0 Å². The SMILES string of the molecule is C=CCCC(NC(=O)OCC1c2ccccc2-c2ccccc21)C(=O)N(C)C1(C(=O)O)CCOC1. The fraction of sp³-hybridized carbons (Fsp3) is 0.370. The lowest BCUT2D eigenvalue weighted by molar-refractivity contribution is -0.158. The fourth-order valence-corrected chi connectivity index (χ4v) is 4.90. The molecule has 8 nitrogen and oxygen atoms in total. The summed E-state index contributed by atoms with van der Waals surface area (Å²) in [6.45, 7) is 3.96. The summed E-state index contributed by atoms with van der Waals surface area (Å²) in [5, 5.41) is 12.4. The van der Waals surface area contributed by atoms with Gasteiger partial charge in [0.1, 0.15) is 12.6 Å². The van der Waals surface area contributed by atoms with Crippen molar-refractivity contribution in [2.75, 3.05) is 26.9 Å². The lowest BCUT2D eigenvalue weighted by Crippen LogP contribution is -2.60. The zero-order chi connectivity index (χ0) is 25.0. The van der Waals surface area contributed by atoms with Gasteiger partial charge >= 0.3 is 12.1 Å². The maximum atomic E-state index is 13.3. The van der Waals surface area contributed by atoms with Crippen LogP contribution in [-0.2, 0) is 19.1 Å². The molecule has 4 rings (SSSR count). The molecule has 8 heteroatoms. The van der Waals surface area contributed by atoms with Gasteiger partial charge in [0.2, 0.25) is 5.91 Å². The highest BCUT2D eigenvalue weighted by atomic mass is 16.5. The monoisotopic (exact) mass is 478 g/mol. The summed E-state index contributed by atoms with van der Waals surface area (Å²) in [7, 11) is 1.44. The molecule has 1 aliphatic carbocycles. The van der Waals surface area contributed by atoms with Crippen LogP contribution in [0, 0.1) is 0 Å². The van der Waals surface area contributed by atoms with E-state index in [0.29, 0.717) is 6.42 Å². The summed E-state index contributed by atoms with van der Waals surface area (Å²) in [6.07, 6.45) is 1.84. The van der Waals surface area contributed by atoms with E-state index in [9.17, 15) is 19.5 Å². The minimum absolute atomic E-state index is 0.0936. The van der Waals surface area contributed by atoms with Crippen LogP contribution in [0.2, 0.25) is 0 Å². The van der Waals surface area contributed by atoms with Crippen molar-refractivity contribution in [2.24, 2.45) is 0 Å².